The molecule has 3 aromatic rings. The van der Waals surface area contributed by atoms with Gasteiger partial charge in [-0.1, -0.05) is 49.7 Å². The molecule has 0 aliphatic heterocycles. The second-order valence-electron chi connectivity index (χ2n) is 8.27. The highest BCUT2D eigenvalue weighted by atomic mass is 19.4. The first-order valence-electron chi connectivity index (χ1n) is 10.8. The number of hydrogen-bond acceptors (Lipinski definition) is 1. The Kier molecular flexibility index (Phi) is 6.41. The monoisotopic (exact) mass is 464 g/mol. The highest BCUT2D eigenvalue weighted by molar-refractivity contribution is 5.67. The molecule has 33 heavy (non-hydrogen) atoms. The Balaban J connectivity index is 1.58. The minimum absolute atomic E-state index is 0.258. The van der Waals surface area contributed by atoms with Crippen molar-refractivity contribution >= 4 is 0 Å². The van der Waals surface area contributed by atoms with Gasteiger partial charge in [0.25, 0.3) is 0 Å². The van der Waals surface area contributed by atoms with Crippen molar-refractivity contribution in [1.29, 1.82) is 0 Å². The third kappa shape index (κ3) is 4.87. The SMILES string of the molecule is CCCc1ccc(C2CCc3c(ccc(-c4ccc(OC(F)(F)F)cc4)c3F)C2)c(F)c1F. The van der Waals surface area contributed by atoms with Crippen molar-refractivity contribution in [2.75, 3.05) is 0 Å². The van der Waals surface area contributed by atoms with Crippen molar-refractivity contribution in [2.24, 2.45) is 0 Å². The molecular weight excluding hydrogens is 442 g/mol. The van der Waals surface area contributed by atoms with Crippen molar-refractivity contribution in [2.45, 2.75) is 51.3 Å². The van der Waals surface area contributed by atoms with Crippen LogP contribution in [0.3, 0.4) is 0 Å². The van der Waals surface area contributed by atoms with E-state index in [1.165, 1.54) is 12.1 Å². The number of ether oxygens (including phenoxy) is 1. The summed E-state index contributed by atoms with van der Waals surface area (Å²) in [5.74, 6) is -2.72. The lowest BCUT2D eigenvalue weighted by Crippen LogP contribution is -2.17. The standard InChI is InChI=1S/C26H22F6O/c1-2-3-16-6-11-22(25(29)23(16)27)18-8-13-21-17(14-18)7-12-20(24(21)28)15-4-9-19(10-5-15)33-26(30,31)32/h4-7,9-12,18H,2-3,8,13-14H2,1H3. The number of fused-ring (bicyclic) bond motifs is 1. The van der Waals surface area contributed by atoms with Crippen LogP contribution in [0.4, 0.5) is 26.3 Å². The predicted molar refractivity (Wildman–Crippen MR) is 114 cm³/mol. The molecule has 0 saturated heterocycles. The molecule has 1 nitrogen and oxygen atoms in total. The number of aryl methyl sites for hydroxylation is 1. The molecule has 7 heteroatoms. The van der Waals surface area contributed by atoms with E-state index in [1.807, 2.05) is 6.92 Å². The summed E-state index contributed by atoms with van der Waals surface area (Å²) in [6.07, 6.45) is -2.41. The maximum absolute atomic E-state index is 15.3. The first-order chi connectivity index (χ1) is 15.7. The van der Waals surface area contributed by atoms with E-state index in [0.717, 1.165) is 17.7 Å². The fraction of sp³-hybridized carbons (Fsp3) is 0.308. The van der Waals surface area contributed by atoms with Gasteiger partial charge in [-0.05, 0) is 71.6 Å². The molecule has 0 radical (unpaired) electrons. The molecule has 4 rings (SSSR count). The van der Waals surface area contributed by atoms with Crippen molar-refractivity contribution in [3.63, 3.8) is 0 Å². The van der Waals surface area contributed by atoms with Crippen LogP contribution in [0.5, 0.6) is 5.75 Å². The molecule has 1 aliphatic carbocycles. The molecule has 0 amide bonds. The van der Waals surface area contributed by atoms with Gasteiger partial charge in [0.2, 0.25) is 0 Å². The van der Waals surface area contributed by atoms with Crippen LogP contribution in [-0.2, 0) is 19.3 Å². The molecule has 0 N–H and O–H groups in total. The zero-order chi connectivity index (χ0) is 23.8. The Bertz CT molecular complexity index is 1150. The molecule has 3 aromatic carbocycles. The largest absolute Gasteiger partial charge is 0.573 e. The van der Waals surface area contributed by atoms with Crippen molar-refractivity contribution in [3.05, 3.63) is 88.2 Å². The summed E-state index contributed by atoms with van der Waals surface area (Å²) < 4.78 is 85.3. The molecule has 0 fully saturated rings. The van der Waals surface area contributed by atoms with Crippen LogP contribution in [0.25, 0.3) is 11.1 Å². The number of hydrogen-bond donors (Lipinski definition) is 0. The predicted octanol–water partition coefficient (Wildman–Crippen LogP) is 7.89. The lowest BCUT2D eigenvalue weighted by Gasteiger charge is -2.27. The molecule has 0 heterocycles. The second-order valence-corrected chi connectivity index (χ2v) is 8.27. The van der Waals surface area contributed by atoms with Crippen molar-refractivity contribution < 1.29 is 31.1 Å². The number of halogens is 6. The third-order valence-corrected chi connectivity index (χ3v) is 6.10. The quantitative estimate of drug-likeness (QED) is 0.349. The van der Waals surface area contributed by atoms with Gasteiger partial charge in [-0.2, -0.15) is 0 Å². The van der Waals surface area contributed by atoms with E-state index in [1.54, 1.807) is 24.3 Å². The van der Waals surface area contributed by atoms with Gasteiger partial charge in [0.15, 0.2) is 11.6 Å². The van der Waals surface area contributed by atoms with Gasteiger partial charge in [0, 0.05) is 5.56 Å². The molecule has 0 saturated carbocycles. The van der Waals surface area contributed by atoms with E-state index in [9.17, 15) is 22.0 Å². The molecule has 0 aromatic heterocycles. The lowest BCUT2D eigenvalue weighted by molar-refractivity contribution is -0.274. The Morgan fingerprint density at radius 3 is 2.27 bits per heavy atom. The van der Waals surface area contributed by atoms with Crippen LogP contribution in [0, 0.1) is 17.5 Å². The van der Waals surface area contributed by atoms with Crippen LogP contribution in [0.1, 0.15) is 47.9 Å². The van der Waals surface area contributed by atoms with Crippen LogP contribution < -0.4 is 4.74 Å². The Morgan fingerprint density at radius 1 is 0.879 bits per heavy atom. The molecular formula is C26H22F6O. The average Bonchev–Trinajstić information content (AvgIpc) is 2.77. The Morgan fingerprint density at radius 2 is 1.61 bits per heavy atom. The highest BCUT2D eigenvalue weighted by Crippen LogP contribution is 2.39. The van der Waals surface area contributed by atoms with E-state index in [2.05, 4.69) is 4.74 Å². The molecule has 1 atom stereocenters. The zero-order valence-electron chi connectivity index (χ0n) is 17.9. The van der Waals surface area contributed by atoms with Gasteiger partial charge >= 0.3 is 6.36 Å². The average molecular weight is 464 g/mol. The van der Waals surface area contributed by atoms with Crippen molar-refractivity contribution in [3.8, 4) is 16.9 Å². The maximum Gasteiger partial charge on any atom is 0.573 e. The maximum atomic E-state index is 15.3. The van der Waals surface area contributed by atoms with Gasteiger partial charge in [-0.25, -0.2) is 13.2 Å². The zero-order valence-corrected chi connectivity index (χ0v) is 17.9. The van der Waals surface area contributed by atoms with Crippen LogP contribution in [0.15, 0.2) is 48.5 Å². The molecule has 0 bridgehead atoms. The highest BCUT2D eigenvalue weighted by Gasteiger charge is 2.31. The van der Waals surface area contributed by atoms with Crippen molar-refractivity contribution in [1.82, 2.24) is 0 Å². The van der Waals surface area contributed by atoms with Crippen LogP contribution in [-0.4, -0.2) is 6.36 Å². The van der Waals surface area contributed by atoms with Crippen LogP contribution in [0.2, 0.25) is 0 Å². The second kappa shape index (κ2) is 9.12. The number of rotatable bonds is 5. The van der Waals surface area contributed by atoms with E-state index in [0.29, 0.717) is 54.4 Å². The summed E-state index contributed by atoms with van der Waals surface area (Å²) in [6, 6.07) is 11.6. The lowest BCUT2D eigenvalue weighted by atomic mass is 9.78. The summed E-state index contributed by atoms with van der Waals surface area (Å²) in [5, 5.41) is 0. The van der Waals surface area contributed by atoms with E-state index >= 15 is 4.39 Å². The van der Waals surface area contributed by atoms with Gasteiger partial charge in [-0.15, -0.1) is 13.2 Å². The van der Waals surface area contributed by atoms with Crippen LogP contribution >= 0.6 is 0 Å². The smallest absolute Gasteiger partial charge is 0.406 e. The first kappa shape index (κ1) is 23.2. The van der Waals surface area contributed by atoms with E-state index in [-0.39, 0.29) is 17.2 Å². The molecule has 1 unspecified atom stereocenters. The number of alkyl halides is 3. The minimum atomic E-state index is -4.80. The summed E-state index contributed by atoms with van der Waals surface area (Å²) in [7, 11) is 0. The normalized spacial score (nSPS) is 15.9. The van der Waals surface area contributed by atoms with E-state index in [4.69, 9.17) is 0 Å². The van der Waals surface area contributed by atoms with E-state index < -0.39 is 23.8 Å². The van der Waals surface area contributed by atoms with Gasteiger partial charge in [0.1, 0.15) is 11.6 Å². The fourth-order valence-corrected chi connectivity index (χ4v) is 4.52. The Hall–Kier alpha value is -2.96. The summed E-state index contributed by atoms with van der Waals surface area (Å²) in [5.41, 5.74) is 2.59. The van der Waals surface area contributed by atoms with Gasteiger partial charge in [-0.3, -0.25) is 0 Å². The Labute approximate surface area is 188 Å². The summed E-state index contributed by atoms with van der Waals surface area (Å²) >= 11 is 0. The molecule has 1 aliphatic rings. The fourth-order valence-electron chi connectivity index (χ4n) is 4.52. The first-order valence-corrected chi connectivity index (χ1v) is 10.8. The topological polar surface area (TPSA) is 9.23 Å². The number of benzene rings is 3. The third-order valence-electron chi connectivity index (χ3n) is 6.10. The van der Waals surface area contributed by atoms with Gasteiger partial charge < -0.3 is 4.74 Å². The molecule has 0 spiro atoms. The molecule has 174 valence electrons. The summed E-state index contributed by atoms with van der Waals surface area (Å²) in [6.45, 7) is 1.90. The van der Waals surface area contributed by atoms with Gasteiger partial charge in [0.05, 0.1) is 0 Å². The minimum Gasteiger partial charge on any atom is -0.406 e. The summed E-state index contributed by atoms with van der Waals surface area (Å²) in [4.78, 5) is 0.